The molecule has 2 aromatic heterocycles. The Balaban J connectivity index is 1.28. The summed E-state index contributed by atoms with van der Waals surface area (Å²) in [6.07, 6.45) is 0. The van der Waals surface area contributed by atoms with Gasteiger partial charge in [0.2, 0.25) is 0 Å². The summed E-state index contributed by atoms with van der Waals surface area (Å²) in [6, 6.07) is 61.8. The molecule has 0 unspecified atom stereocenters. The molecule has 0 N–H and O–H groups in total. The standard InChI is InChI=1S/C46H29NO2/c1-2-14-30(15-3-1)32-17-6-9-24-40(32)47(42-26-13-23-37-35-20-8-11-27-43(35)48-46(37)42)41-25-10-7-19-34(41)36-21-12-22-38-39-29-28-31-16-4-5-18-33(31)44(39)49-45(36)38/h1-29H. The molecule has 2 heterocycles. The summed E-state index contributed by atoms with van der Waals surface area (Å²) in [5.41, 5.74) is 10.9. The predicted molar refractivity (Wildman–Crippen MR) is 204 cm³/mol. The number of rotatable bonds is 5. The molecule has 0 saturated heterocycles. The lowest BCUT2D eigenvalue weighted by molar-refractivity contribution is 0.669. The molecule has 0 aliphatic rings. The van der Waals surface area contributed by atoms with Crippen LogP contribution in [0.15, 0.2) is 185 Å². The maximum atomic E-state index is 6.86. The van der Waals surface area contributed by atoms with Gasteiger partial charge in [-0.1, -0.05) is 146 Å². The van der Waals surface area contributed by atoms with Crippen LogP contribution >= 0.6 is 0 Å². The molecule has 0 spiro atoms. The van der Waals surface area contributed by atoms with E-state index >= 15 is 0 Å². The van der Waals surface area contributed by atoms with E-state index in [0.717, 1.165) is 88.6 Å². The van der Waals surface area contributed by atoms with Crippen molar-refractivity contribution in [2.75, 3.05) is 4.90 Å². The third kappa shape index (κ3) is 4.29. The third-order valence-corrected chi connectivity index (χ3v) is 9.68. The van der Waals surface area contributed by atoms with Crippen LogP contribution in [0.3, 0.4) is 0 Å². The maximum Gasteiger partial charge on any atom is 0.159 e. The van der Waals surface area contributed by atoms with E-state index in [1.807, 2.05) is 12.1 Å². The van der Waals surface area contributed by atoms with E-state index in [4.69, 9.17) is 8.83 Å². The number of hydrogen-bond acceptors (Lipinski definition) is 3. The largest absolute Gasteiger partial charge is 0.455 e. The van der Waals surface area contributed by atoms with Gasteiger partial charge in [-0.3, -0.25) is 0 Å². The van der Waals surface area contributed by atoms with Gasteiger partial charge >= 0.3 is 0 Å². The van der Waals surface area contributed by atoms with Gasteiger partial charge in [-0.05, 0) is 41.3 Å². The van der Waals surface area contributed by atoms with E-state index < -0.39 is 0 Å². The highest BCUT2D eigenvalue weighted by atomic mass is 16.3. The lowest BCUT2D eigenvalue weighted by Crippen LogP contribution is -2.12. The molecule has 0 aliphatic heterocycles. The van der Waals surface area contributed by atoms with Gasteiger partial charge in [-0.15, -0.1) is 0 Å². The number of furan rings is 2. The SMILES string of the molecule is c1ccc(-c2ccccc2N(c2ccccc2-c2cccc3c2oc2c4ccccc4ccc32)c2cccc3c2oc2ccccc23)cc1. The first-order chi connectivity index (χ1) is 24.3. The van der Waals surface area contributed by atoms with Crippen LogP contribution in [0.1, 0.15) is 0 Å². The summed E-state index contributed by atoms with van der Waals surface area (Å²) in [5, 5.41) is 6.68. The molecular formula is C46H29NO2. The summed E-state index contributed by atoms with van der Waals surface area (Å²) < 4.78 is 13.6. The van der Waals surface area contributed by atoms with Crippen molar-refractivity contribution in [2.45, 2.75) is 0 Å². The van der Waals surface area contributed by atoms with Gasteiger partial charge in [-0.2, -0.15) is 0 Å². The van der Waals surface area contributed by atoms with Crippen molar-refractivity contribution in [3.63, 3.8) is 0 Å². The number of para-hydroxylation sites is 5. The highest BCUT2D eigenvalue weighted by Gasteiger charge is 2.25. The Morgan fingerprint density at radius 3 is 1.73 bits per heavy atom. The Bertz CT molecular complexity index is 2840. The van der Waals surface area contributed by atoms with Crippen LogP contribution in [0.4, 0.5) is 17.1 Å². The summed E-state index contributed by atoms with van der Waals surface area (Å²) in [7, 11) is 0. The molecule has 0 bridgehead atoms. The second-order valence-electron chi connectivity index (χ2n) is 12.4. The van der Waals surface area contributed by atoms with Crippen LogP contribution in [-0.4, -0.2) is 0 Å². The summed E-state index contributed by atoms with van der Waals surface area (Å²) >= 11 is 0. The van der Waals surface area contributed by atoms with Gasteiger partial charge in [0.1, 0.15) is 16.7 Å². The van der Waals surface area contributed by atoms with Crippen LogP contribution in [0, 0.1) is 0 Å². The van der Waals surface area contributed by atoms with E-state index in [9.17, 15) is 0 Å². The van der Waals surface area contributed by atoms with E-state index in [0.29, 0.717) is 0 Å². The van der Waals surface area contributed by atoms with Crippen LogP contribution in [0.25, 0.3) is 76.9 Å². The average Bonchev–Trinajstić information content (AvgIpc) is 3.75. The number of nitrogens with zero attached hydrogens (tertiary/aromatic N) is 1. The van der Waals surface area contributed by atoms with Crippen molar-refractivity contribution >= 4 is 71.7 Å². The molecule has 0 saturated carbocycles. The van der Waals surface area contributed by atoms with Gasteiger partial charge in [0.05, 0.1) is 17.1 Å². The highest BCUT2D eigenvalue weighted by Crippen LogP contribution is 2.49. The average molecular weight is 628 g/mol. The van der Waals surface area contributed by atoms with Crippen LogP contribution < -0.4 is 4.90 Å². The molecule has 3 nitrogen and oxygen atoms in total. The zero-order valence-electron chi connectivity index (χ0n) is 26.5. The van der Waals surface area contributed by atoms with E-state index in [2.05, 4.69) is 169 Å². The summed E-state index contributed by atoms with van der Waals surface area (Å²) in [4.78, 5) is 2.36. The first kappa shape index (κ1) is 27.5. The normalized spacial score (nSPS) is 11.7. The fraction of sp³-hybridized carbons (Fsp3) is 0. The van der Waals surface area contributed by atoms with Crippen LogP contribution in [0.2, 0.25) is 0 Å². The van der Waals surface area contributed by atoms with E-state index in [1.165, 1.54) is 5.39 Å². The van der Waals surface area contributed by atoms with E-state index in [1.54, 1.807) is 0 Å². The van der Waals surface area contributed by atoms with Crippen molar-refractivity contribution in [3.05, 3.63) is 176 Å². The highest BCUT2D eigenvalue weighted by molar-refractivity contribution is 6.18. The summed E-state index contributed by atoms with van der Waals surface area (Å²) in [6.45, 7) is 0. The fourth-order valence-electron chi connectivity index (χ4n) is 7.46. The molecule has 49 heavy (non-hydrogen) atoms. The number of benzene rings is 8. The molecule has 3 heteroatoms. The zero-order chi connectivity index (χ0) is 32.3. The Hall–Kier alpha value is -6.58. The molecule has 0 atom stereocenters. The lowest BCUT2D eigenvalue weighted by atomic mass is 9.97. The predicted octanol–water partition coefficient (Wildman–Crippen LogP) is 13.4. The van der Waals surface area contributed by atoms with Crippen molar-refractivity contribution in [1.29, 1.82) is 0 Å². The molecule has 0 aliphatic carbocycles. The van der Waals surface area contributed by atoms with Crippen molar-refractivity contribution < 1.29 is 8.83 Å². The minimum absolute atomic E-state index is 0.842. The van der Waals surface area contributed by atoms with Gasteiger partial charge in [0.15, 0.2) is 5.58 Å². The Morgan fingerprint density at radius 2 is 0.878 bits per heavy atom. The third-order valence-electron chi connectivity index (χ3n) is 9.68. The summed E-state index contributed by atoms with van der Waals surface area (Å²) in [5.74, 6) is 0. The van der Waals surface area contributed by atoms with Gasteiger partial charge in [0, 0.05) is 43.6 Å². The minimum atomic E-state index is 0.842. The van der Waals surface area contributed by atoms with Gasteiger partial charge in [0.25, 0.3) is 0 Å². The van der Waals surface area contributed by atoms with Gasteiger partial charge in [-0.25, -0.2) is 0 Å². The Kier molecular flexibility index (Phi) is 6.18. The molecule has 0 fully saturated rings. The first-order valence-corrected chi connectivity index (χ1v) is 16.6. The zero-order valence-corrected chi connectivity index (χ0v) is 26.5. The molecule has 10 rings (SSSR count). The lowest BCUT2D eigenvalue weighted by Gasteiger charge is -2.29. The van der Waals surface area contributed by atoms with Gasteiger partial charge < -0.3 is 13.7 Å². The minimum Gasteiger partial charge on any atom is -0.455 e. The first-order valence-electron chi connectivity index (χ1n) is 16.6. The smallest absolute Gasteiger partial charge is 0.159 e. The molecular weight excluding hydrogens is 599 g/mol. The Labute approximate surface area is 282 Å². The van der Waals surface area contributed by atoms with Crippen LogP contribution in [-0.2, 0) is 0 Å². The number of hydrogen-bond donors (Lipinski definition) is 0. The molecule has 230 valence electrons. The van der Waals surface area contributed by atoms with Crippen molar-refractivity contribution in [3.8, 4) is 22.3 Å². The number of anilines is 3. The maximum absolute atomic E-state index is 6.86. The molecule has 0 amide bonds. The topological polar surface area (TPSA) is 29.5 Å². The Morgan fingerprint density at radius 1 is 0.306 bits per heavy atom. The van der Waals surface area contributed by atoms with Crippen molar-refractivity contribution in [1.82, 2.24) is 0 Å². The van der Waals surface area contributed by atoms with Crippen LogP contribution in [0.5, 0.6) is 0 Å². The fourth-order valence-corrected chi connectivity index (χ4v) is 7.46. The monoisotopic (exact) mass is 627 g/mol. The van der Waals surface area contributed by atoms with E-state index in [-0.39, 0.29) is 0 Å². The quantitative estimate of drug-likeness (QED) is 0.190. The second-order valence-corrected chi connectivity index (χ2v) is 12.4. The molecule has 10 aromatic rings. The molecule has 0 radical (unpaired) electrons. The second kappa shape index (κ2) is 11.0. The molecule has 8 aromatic carbocycles. The van der Waals surface area contributed by atoms with Crippen molar-refractivity contribution in [2.24, 2.45) is 0 Å². The number of fused-ring (bicyclic) bond motifs is 8.